The Morgan fingerprint density at radius 2 is 2.12 bits per heavy atom. The summed E-state index contributed by atoms with van der Waals surface area (Å²) < 4.78 is 3.78. The molecule has 0 N–H and O–H groups in total. The van der Waals surface area contributed by atoms with Crippen LogP contribution in [0.2, 0.25) is 0 Å². The molecule has 1 amide bonds. The fourth-order valence-corrected chi connectivity index (χ4v) is 2.17. The summed E-state index contributed by atoms with van der Waals surface area (Å²) in [6.07, 6.45) is 0. The number of hydrogen-bond donors (Lipinski definition) is 0. The molecule has 0 aliphatic heterocycles. The highest BCUT2D eigenvalue weighted by atomic mass is 32.1. The van der Waals surface area contributed by atoms with Crippen LogP contribution >= 0.6 is 11.5 Å². The number of aromatic nitrogens is 2. The second kappa shape index (κ2) is 4.63. The molecular weight excluding hydrogens is 234 g/mol. The number of rotatable bonds is 2. The second-order valence-electron chi connectivity index (χ2n) is 3.89. The van der Waals surface area contributed by atoms with Gasteiger partial charge in [0.1, 0.15) is 4.88 Å². The lowest BCUT2D eigenvalue weighted by Crippen LogP contribution is -2.26. The van der Waals surface area contributed by atoms with Gasteiger partial charge in [-0.3, -0.25) is 4.79 Å². The van der Waals surface area contributed by atoms with Gasteiger partial charge in [0.25, 0.3) is 5.91 Å². The predicted molar refractivity (Wildman–Crippen MR) is 68.6 cm³/mol. The standard InChI is InChI=1S/C12H13N3OS/c1-8-5-4-6-10(7-8)15(3)12(16)11-9(2)13-14-17-11/h4-7H,1-3H3. The maximum Gasteiger partial charge on any atom is 0.271 e. The van der Waals surface area contributed by atoms with Crippen molar-refractivity contribution in [2.24, 2.45) is 0 Å². The largest absolute Gasteiger partial charge is 0.311 e. The summed E-state index contributed by atoms with van der Waals surface area (Å²) in [5, 5.41) is 3.85. The van der Waals surface area contributed by atoms with Crippen LogP contribution in [0.15, 0.2) is 24.3 Å². The van der Waals surface area contributed by atoms with Crippen molar-refractivity contribution < 1.29 is 4.79 Å². The van der Waals surface area contributed by atoms with E-state index in [2.05, 4.69) is 9.59 Å². The minimum Gasteiger partial charge on any atom is -0.311 e. The summed E-state index contributed by atoms with van der Waals surface area (Å²) in [6.45, 7) is 3.79. The number of hydrogen-bond acceptors (Lipinski definition) is 4. The highest BCUT2D eigenvalue weighted by Gasteiger charge is 2.18. The predicted octanol–water partition coefficient (Wildman–Crippen LogP) is 2.43. The average Bonchev–Trinajstić information content (AvgIpc) is 2.73. The molecule has 0 fully saturated rings. The molecule has 0 aliphatic carbocycles. The van der Waals surface area contributed by atoms with E-state index >= 15 is 0 Å². The van der Waals surface area contributed by atoms with E-state index in [1.165, 1.54) is 0 Å². The molecule has 5 heteroatoms. The molecule has 0 unspecified atom stereocenters. The molecule has 0 spiro atoms. The molecule has 1 aromatic heterocycles. The Morgan fingerprint density at radius 1 is 1.35 bits per heavy atom. The van der Waals surface area contributed by atoms with Crippen LogP contribution < -0.4 is 4.90 Å². The summed E-state index contributed by atoms with van der Waals surface area (Å²) >= 11 is 1.13. The first-order chi connectivity index (χ1) is 8.09. The van der Waals surface area contributed by atoms with Crippen LogP contribution in [0.1, 0.15) is 20.9 Å². The van der Waals surface area contributed by atoms with Gasteiger partial charge in [-0.2, -0.15) is 0 Å². The van der Waals surface area contributed by atoms with E-state index in [0.717, 1.165) is 22.8 Å². The number of anilines is 1. The van der Waals surface area contributed by atoms with Crippen molar-refractivity contribution >= 4 is 23.1 Å². The van der Waals surface area contributed by atoms with Gasteiger partial charge in [0.2, 0.25) is 0 Å². The van der Waals surface area contributed by atoms with Gasteiger partial charge in [0.15, 0.2) is 0 Å². The zero-order valence-electron chi connectivity index (χ0n) is 9.97. The fraction of sp³-hybridized carbons (Fsp3) is 0.250. The van der Waals surface area contributed by atoms with Crippen LogP contribution in [-0.4, -0.2) is 22.5 Å². The number of carbonyl (C=O) groups is 1. The number of amides is 1. The Labute approximate surface area is 104 Å². The van der Waals surface area contributed by atoms with Gasteiger partial charge in [-0.15, -0.1) is 5.10 Å². The quantitative estimate of drug-likeness (QED) is 0.818. The molecule has 0 saturated heterocycles. The zero-order chi connectivity index (χ0) is 12.4. The zero-order valence-corrected chi connectivity index (χ0v) is 10.8. The van der Waals surface area contributed by atoms with Gasteiger partial charge in [0, 0.05) is 12.7 Å². The van der Waals surface area contributed by atoms with Crippen LogP contribution in [0, 0.1) is 13.8 Å². The smallest absolute Gasteiger partial charge is 0.271 e. The molecule has 0 bridgehead atoms. The lowest BCUT2D eigenvalue weighted by atomic mass is 10.2. The Bertz CT molecular complexity index is 550. The molecule has 1 heterocycles. The van der Waals surface area contributed by atoms with Gasteiger partial charge in [0.05, 0.1) is 5.69 Å². The number of nitrogens with zero attached hydrogens (tertiary/aromatic N) is 3. The van der Waals surface area contributed by atoms with Gasteiger partial charge in [-0.05, 0) is 43.1 Å². The molecule has 0 saturated carbocycles. The molecule has 0 atom stereocenters. The first-order valence-electron chi connectivity index (χ1n) is 5.23. The monoisotopic (exact) mass is 247 g/mol. The van der Waals surface area contributed by atoms with E-state index in [9.17, 15) is 4.79 Å². The van der Waals surface area contributed by atoms with Crippen molar-refractivity contribution in [2.75, 3.05) is 11.9 Å². The van der Waals surface area contributed by atoms with Crippen LogP contribution in [-0.2, 0) is 0 Å². The van der Waals surface area contributed by atoms with Gasteiger partial charge in [-0.1, -0.05) is 16.6 Å². The van der Waals surface area contributed by atoms with Crippen molar-refractivity contribution in [2.45, 2.75) is 13.8 Å². The van der Waals surface area contributed by atoms with E-state index in [1.54, 1.807) is 18.9 Å². The summed E-state index contributed by atoms with van der Waals surface area (Å²) in [5.74, 6) is -0.0666. The van der Waals surface area contributed by atoms with Gasteiger partial charge in [-0.25, -0.2) is 0 Å². The molecule has 0 radical (unpaired) electrons. The van der Waals surface area contributed by atoms with Crippen molar-refractivity contribution in [3.05, 3.63) is 40.4 Å². The van der Waals surface area contributed by atoms with Crippen molar-refractivity contribution in [3.8, 4) is 0 Å². The van der Waals surface area contributed by atoms with E-state index < -0.39 is 0 Å². The third-order valence-corrected chi connectivity index (χ3v) is 3.36. The minimum atomic E-state index is -0.0666. The van der Waals surface area contributed by atoms with E-state index in [-0.39, 0.29) is 5.91 Å². The maximum absolute atomic E-state index is 12.2. The first kappa shape index (κ1) is 11.7. The van der Waals surface area contributed by atoms with Crippen molar-refractivity contribution in [1.82, 2.24) is 9.59 Å². The van der Waals surface area contributed by atoms with Gasteiger partial charge < -0.3 is 4.90 Å². The molecule has 2 rings (SSSR count). The highest BCUT2D eigenvalue weighted by Crippen LogP contribution is 2.19. The SMILES string of the molecule is Cc1cccc(N(C)C(=O)c2snnc2C)c1. The Hall–Kier alpha value is -1.75. The molecule has 0 aliphatic rings. The fourth-order valence-electron chi connectivity index (χ4n) is 1.53. The Kier molecular flexibility index (Phi) is 3.19. The molecule has 88 valence electrons. The summed E-state index contributed by atoms with van der Waals surface area (Å²) in [6, 6.07) is 7.82. The van der Waals surface area contributed by atoms with Crippen LogP contribution in [0.5, 0.6) is 0 Å². The number of benzene rings is 1. The van der Waals surface area contributed by atoms with Crippen molar-refractivity contribution in [1.29, 1.82) is 0 Å². The molecule has 1 aromatic carbocycles. The molecule has 17 heavy (non-hydrogen) atoms. The van der Waals surface area contributed by atoms with Crippen LogP contribution in [0.4, 0.5) is 5.69 Å². The third kappa shape index (κ3) is 2.34. The molecular formula is C12H13N3OS. The number of carbonyl (C=O) groups excluding carboxylic acids is 1. The van der Waals surface area contributed by atoms with Gasteiger partial charge >= 0.3 is 0 Å². The van der Waals surface area contributed by atoms with Crippen molar-refractivity contribution in [3.63, 3.8) is 0 Å². The second-order valence-corrected chi connectivity index (χ2v) is 4.64. The summed E-state index contributed by atoms with van der Waals surface area (Å²) in [4.78, 5) is 14.4. The molecule has 2 aromatic rings. The minimum absolute atomic E-state index is 0.0666. The Morgan fingerprint density at radius 3 is 2.71 bits per heavy atom. The topological polar surface area (TPSA) is 46.1 Å². The average molecular weight is 247 g/mol. The van der Waals surface area contributed by atoms with Crippen LogP contribution in [0.3, 0.4) is 0 Å². The third-order valence-electron chi connectivity index (χ3n) is 2.54. The highest BCUT2D eigenvalue weighted by molar-refractivity contribution is 7.08. The number of aryl methyl sites for hydroxylation is 2. The lowest BCUT2D eigenvalue weighted by molar-refractivity contribution is 0.0996. The van der Waals surface area contributed by atoms with E-state index in [4.69, 9.17) is 0 Å². The summed E-state index contributed by atoms with van der Waals surface area (Å²) in [5.41, 5.74) is 2.68. The maximum atomic E-state index is 12.2. The van der Waals surface area contributed by atoms with Crippen LogP contribution in [0.25, 0.3) is 0 Å². The normalized spacial score (nSPS) is 10.3. The molecule has 4 nitrogen and oxygen atoms in total. The lowest BCUT2D eigenvalue weighted by Gasteiger charge is -2.16. The first-order valence-corrected chi connectivity index (χ1v) is 6.00. The van der Waals surface area contributed by atoms with E-state index in [0.29, 0.717) is 10.6 Å². The Balaban J connectivity index is 2.30. The summed E-state index contributed by atoms with van der Waals surface area (Å²) in [7, 11) is 1.76. The van der Waals surface area contributed by atoms with E-state index in [1.807, 2.05) is 31.2 Å².